The molecule has 0 atom stereocenters. The van der Waals surface area contributed by atoms with Crippen LogP contribution in [0, 0.1) is 11.3 Å². The second kappa shape index (κ2) is 3.80. The summed E-state index contributed by atoms with van der Waals surface area (Å²) in [6.07, 6.45) is 4.59. The molecule has 0 fully saturated rings. The van der Waals surface area contributed by atoms with Gasteiger partial charge in [0.2, 0.25) is 0 Å². The van der Waals surface area contributed by atoms with Gasteiger partial charge in [-0.2, -0.15) is 0 Å². The lowest BCUT2D eigenvalue weighted by Crippen LogP contribution is -2.19. The molecular weight excluding hydrogens is 120 g/mol. The van der Waals surface area contributed by atoms with Gasteiger partial charge < -0.3 is 0 Å². The van der Waals surface area contributed by atoms with E-state index in [1.165, 1.54) is 12.8 Å². The van der Waals surface area contributed by atoms with Crippen LogP contribution in [-0.4, -0.2) is 0 Å². The quantitative estimate of drug-likeness (QED) is 0.523. The highest BCUT2D eigenvalue weighted by Gasteiger charge is 2.22. The Labute approximate surface area is 65.3 Å². The maximum absolute atomic E-state index is 3.85. The molecule has 0 saturated carbocycles. The molecule has 0 heteroatoms. The molecule has 0 aromatic carbocycles. The Morgan fingerprint density at radius 2 is 1.70 bits per heavy atom. The molecule has 0 amide bonds. The van der Waals surface area contributed by atoms with Gasteiger partial charge >= 0.3 is 0 Å². The third-order valence-corrected chi connectivity index (χ3v) is 2.56. The van der Waals surface area contributed by atoms with Gasteiger partial charge in [-0.25, -0.2) is 0 Å². The Morgan fingerprint density at radius 3 is 1.80 bits per heavy atom. The predicted octanol–water partition coefficient (Wildman–Crippen LogP) is 3.63. The fourth-order valence-corrected chi connectivity index (χ4v) is 1.51. The van der Waals surface area contributed by atoms with E-state index in [0.717, 1.165) is 5.92 Å². The number of hydrogen-bond acceptors (Lipinski definition) is 0. The molecule has 0 N–H and O–H groups in total. The van der Waals surface area contributed by atoms with Crippen molar-refractivity contribution in [2.24, 2.45) is 11.3 Å². The Bertz CT molecular complexity index is 96.6. The lowest BCUT2D eigenvalue weighted by molar-refractivity contribution is 0.266. The van der Waals surface area contributed by atoms with Gasteiger partial charge in [-0.15, -0.1) is 6.58 Å². The largest absolute Gasteiger partial charge is 0.103 e. The zero-order chi connectivity index (χ0) is 8.20. The first-order valence-corrected chi connectivity index (χ1v) is 4.22. The molecule has 0 radical (unpaired) electrons. The molecule has 0 aliphatic rings. The van der Waals surface area contributed by atoms with Crippen molar-refractivity contribution in [3.63, 3.8) is 0 Å². The lowest BCUT2D eigenvalue weighted by Gasteiger charge is -2.29. The van der Waals surface area contributed by atoms with Gasteiger partial charge in [-0.3, -0.25) is 0 Å². The van der Waals surface area contributed by atoms with E-state index in [9.17, 15) is 0 Å². The van der Waals surface area contributed by atoms with Gasteiger partial charge in [0.05, 0.1) is 0 Å². The van der Waals surface area contributed by atoms with Crippen molar-refractivity contribution in [1.29, 1.82) is 0 Å². The van der Waals surface area contributed by atoms with Crippen LogP contribution in [0.4, 0.5) is 0 Å². The van der Waals surface area contributed by atoms with E-state index < -0.39 is 0 Å². The molecule has 0 saturated heterocycles. The summed E-state index contributed by atoms with van der Waals surface area (Å²) in [7, 11) is 0. The molecule has 0 aliphatic heterocycles. The van der Waals surface area contributed by atoms with Crippen LogP contribution in [0.2, 0.25) is 0 Å². The van der Waals surface area contributed by atoms with E-state index in [4.69, 9.17) is 0 Å². The topological polar surface area (TPSA) is 0 Å². The second-order valence-electron chi connectivity index (χ2n) is 3.54. The van der Waals surface area contributed by atoms with Crippen molar-refractivity contribution < 1.29 is 0 Å². The summed E-state index contributed by atoms with van der Waals surface area (Å²) in [5, 5.41) is 0. The molecule has 10 heavy (non-hydrogen) atoms. The minimum absolute atomic E-state index is 0.323. The van der Waals surface area contributed by atoms with Crippen LogP contribution >= 0.6 is 0 Å². The highest BCUT2D eigenvalue weighted by Crippen LogP contribution is 2.32. The van der Waals surface area contributed by atoms with E-state index in [-0.39, 0.29) is 0 Å². The summed E-state index contributed by atoms with van der Waals surface area (Å²) < 4.78 is 0. The van der Waals surface area contributed by atoms with Crippen LogP contribution in [-0.2, 0) is 0 Å². The average Bonchev–Trinajstić information content (AvgIpc) is 1.90. The van der Waals surface area contributed by atoms with Gasteiger partial charge in [0.15, 0.2) is 0 Å². The molecule has 0 aliphatic carbocycles. The van der Waals surface area contributed by atoms with Crippen molar-refractivity contribution in [3.8, 4) is 0 Å². The van der Waals surface area contributed by atoms with Gasteiger partial charge in [-0.05, 0) is 11.3 Å². The summed E-state index contributed by atoms with van der Waals surface area (Å²) in [5.41, 5.74) is 0.323. The van der Waals surface area contributed by atoms with Crippen LogP contribution < -0.4 is 0 Å². The van der Waals surface area contributed by atoms with E-state index >= 15 is 0 Å². The monoisotopic (exact) mass is 140 g/mol. The normalized spacial score (nSPS) is 12.1. The first-order valence-electron chi connectivity index (χ1n) is 4.22. The van der Waals surface area contributed by atoms with Crippen molar-refractivity contribution in [3.05, 3.63) is 12.7 Å². The summed E-state index contributed by atoms with van der Waals surface area (Å²) in [6.45, 7) is 12.9. The molecular formula is C10H20. The Morgan fingerprint density at radius 1 is 1.30 bits per heavy atom. The summed E-state index contributed by atoms with van der Waals surface area (Å²) in [5.74, 6) is 0.796. The van der Waals surface area contributed by atoms with Crippen molar-refractivity contribution >= 4 is 0 Å². The van der Waals surface area contributed by atoms with Crippen LogP contribution in [0.5, 0.6) is 0 Å². The molecule has 0 heterocycles. The van der Waals surface area contributed by atoms with Gasteiger partial charge in [-0.1, -0.05) is 46.6 Å². The molecule has 0 nitrogen and oxygen atoms in total. The number of allylic oxidation sites excluding steroid dienone is 1. The van der Waals surface area contributed by atoms with Gasteiger partial charge in [0, 0.05) is 0 Å². The third-order valence-electron chi connectivity index (χ3n) is 2.56. The molecule has 0 aromatic heterocycles. The lowest BCUT2D eigenvalue weighted by atomic mass is 9.76. The minimum atomic E-state index is 0.323. The van der Waals surface area contributed by atoms with E-state index in [0.29, 0.717) is 5.41 Å². The molecule has 0 aromatic rings. The minimum Gasteiger partial charge on any atom is -0.103 e. The Hall–Kier alpha value is -0.260. The summed E-state index contributed by atoms with van der Waals surface area (Å²) in [6, 6.07) is 0. The van der Waals surface area contributed by atoms with Crippen LogP contribution in [0.3, 0.4) is 0 Å². The highest BCUT2D eigenvalue weighted by molar-refractivity contribution is 4.91. The van der Waals surface area contributed by atoms with Gasteiger partial charge in [0.1, 0.15) is 0 Å². The van der Waals surface area contributed by atoms with Crippen LogP contribution in [0.15, 0.2) is 12.7 Å². The Kier molecular flexibility index (Phi) is 3.70. The molecule has 0 rings (SSSR count). The fraction of sp³-hybridized carbons (Fsp3) is 0.800. The maximum atomic E-state index is 3.85. The molecule has 0 bridgehead atoms. The van der Waals surface area contributed by atoms with Crippen molar-refractivity contribution in [1.82, 2.24) is 0 Å². The average molecular weight is 140 g/mol. The zero-order valence-corrected chi connectivity index (χ0v) is 7.78. The highest BCUT2D eigenvalue weighted by atomic mass is 14.3. The van der Waals surface area contributed by atoms with Crippen molar-refractivity contribution in [2.75, 3.05) is 0 Å². The maximum Gasteiger partial charge on any atom is -0.0149 e. The van der Waals surface area contributed by atoms with Crippen LogP contribution in [0.1, 0.15) is 40.5 Å². The first kappa shape index (κ1) is 9.74. The molecule has 0 spiro atoms. The zero-order valence-electron chi connectivity index (χ0n) is 7.78. The Balaban J connectivity index is 4.10. The van der Waals surface area contributed by atoms with E-state index in [2.05, 4.69) is 40.3 Å². The number of hydrogen-bond donors (Lipinski definition) is 0. The standard InChI is InChI=1S/C10H20/c1-6-9(7-2)10(4,5)8-3/h8-9H,3,6-7H2,1-2,4-5H3. The fourth-order valence-electron chi connectivity index (χ4n) is 1.51. The van der Waals surface area contributed by atoms with E-state index in [1.807, 2.05) is 0 Å². The van der Waals surface area contributed by atoms with Gasteiger partial charge in [0.25, 0.3) is 0 Å². The summed E-state index contributed by atoms with van der Waals surface area (Å²) >= 11 is 0. The first-order chi connectivity index (χ1) is 4.58. The second-order valence-corrected chi connectivity index (χ2v) is 3.54. The number of rotatable bonds is 4. The van der Waals surface area contributed by atoms with Crippen molar-refractivity contribution in [2.45, 2.75) is 40.5 Å². The van der Waals surface area contributed by atoms with E-state index in [1.54, 1.807) is 0 Å². The smallest absolute Gasteiger partial charge is 0.0149 e. The summed E-state index contributed by atoms with van der Waals surface area (Å²) in [4.78, 5) is 0. The molecule has 0 unspecified atom stereocenters. The molecule has 60 valence electrons. The van der Waals surface area contributed by atoms with Crippen LogP contribution in [0.25, 0.3) is 0 Å². The SMILES string of the molecule is C=CC(C)(C)C(CC)CC. The predicted molar refractivity (Wildman–Crippen MR) is 48.1 cm³/mol. The third kappa shape index (κ3) is 2.17.